The summed E-state index contributed by atoms with van der Waals surface area (Å²) in [6.45, 7) is 2.35. The van der Waals surface area contributed by atoms with Crippen LogP contribution in [-0.2, 0) is 6.42 Å². The maximum Gasteiger partial charge on any atom is 0.269 e. The second kappa shape index (κ2) is 10.0. The number of aromatic nitrogens is 1. The van der Waals surface area contributed by atoms with Crippen molar-refractivity contribution in [2.75, 3.05) is 39.0 Å². The van der Waals surface area contributed by atoms with Crippen molar-refractivity contribution in [3.05, 3.63) is 58.9 Å². The zero-order valence-electron chi connectivity index (χ0n) is 14.8. The Bertz CT molecular complexity index is 691. The lowest BCUT2D eigenvalue weighted by Crippen LogP contribution is -2.27. The summed E-state index contributed by atoms with van der Waals surface area (Å²) in [7, 11) is 4.03. The number of rotatable bonds is 9. The average molecular weight is 361 g/mol. The second-order valence-electron chi connectivity index (χ2n) is 6.15. The average Bonchev–Trinajstić information content (AvgIpc) is 2.59. The molecule has 25 heavy (non-hydrogen) atoms. The highest BCUT2D eigenvalue weighted by Gasteiger charge is 2.07. The number of hydrogen-bond acceptors (Lipinski definition) is 4. The fourth-order valence-electron chi connectivity index (χ4n) is 2.40. The van der Waals surface area contributed by atoms with E-state index in [1.807, 2.05) is 44.4 Å². The molecule has 0 aliphatic rings. The quantitative estimate of drug-likeness (QED) is 0.675. The number of amides is 1. The molecule has 0 radical (unpaired) electrons. The smallest absolute Gasteiger partial charge is 0.269 e. The van der Waals surface area contributed by atoms with E-state index in [0.29, 0.717) is 12.2 Å². The van der Waals surface area contributed by atoms with Gasteiger partial charge in [-0.05, 0) is 63.3 Å². The number of nitrogens with one attached hydrogen (secondary N) is 2. The Hall–Kier alpha value is -2.11. The molecule has 0 bridgehead atoms. The Morgan fingerprint density at radius 1 is 1.20 bits per heavy atom. The SMILES string of the molecule is CN(C)CCCNC(=O)c1cc(NCCc2cccc(Cl)c2)ccn1. The number of anilines is 1. The third-order valence-corrected chi connectivity index (χ3v) is 3.93. The van der Waals surface area contributed by atoms with Crippen molar-refractivity contribution in [3.8, 4) is 0 Å². The molecule has 1 aromatic carbocycles. The van der Waals surface area contributed by atoms with Crippen molar-refractivity contribution in [1.29, 1.82) is 0 Å². The highest BCUT2D eigenvalue weighted by atomic mass is 35.5. The van der Waals surface area contributed by atoms with Crippen LogP contribution in [0.5, 0.6) is 0 Å². The normalized spacial score (nSPS) is 10.7. The minimum atomic E-state index is -0.141. The fourth-order valence-corrected chi connectivity index (χ4v) is 2.61. The zero-order chi connectivity index (χ0) is 18.1. The number of nitrogens with zero attached hydrogens (tertiary/aromatic N) is 2. The summed E-state index contributed by atoms with van der Waals surface area (Å²) in [6.07, 6.45) is 3.42. The molecule has 0 spiro atoms. The van der Waals surface area contributed by atoms with Crippen LogP contribution in [0.15, 0.2) is 42.6 Å². The van der Waals surface area contributed by atoms with Gasteiger partial charge in [-0.25, -0.2) is 0 Å². The molecule has 2 rings (SSSR count). The van der Waals surface area contributed by atoms with Crippen LogP contribution in [0.3, 0.4) is 0 Å². The van der Waals surface area contributed by atoms with Crippen molar-refractivity contribution in [2.45, 2.75) is 12.8 Å². The predicted molar refractivity (Wildman–Crippen MR) is 103 cm³/mol. The molecule has 0 saturated heterocycles. The molecule has 0 aliphatic carbocycles. The Labute approximate surface area is 154 Å². The molecular weight excluding hydrogens is 336 g/mol. The monoisotopic (exact) mass is 360 g/mol. The van der Waals surface area contributed by atoms with E-state index in [-0.39, 0.29) is 5.91 Å². The molecule has 0 fully saturated rings. The fraction of sp³-hybridized carbons (Fsp3) is 0.368. The molecule has 1 aromatic heterocycles. The molecule has 5 nitrogen and oxygen atoms in total. The molecule has 2 aromatic rings. The van der Waals surface area contributed by atoms with Gasteiger partial charge in [-0.3, -0.25) is 9.78 Å². The predicted octanol–water partition coefficient (Wildman–Crippen LogP) is 3.07. The minimum Gasteiger partial charge on any atom is -0.385 e. The van der Waals surface area contributed by atoms with E-state index in [4.69, 9.17) is 11.6 Å². The number of hydrogen-bond donors (Lipinski definition) is 2. The third-order valence-electron chi connectivity index (χ3n) is 3.69. The molecular formula is C19H25ClN4O. The van der Waals surface area contributed by atoms with Crippen molar-refractivity contribution in [2.24, 2.45) is 0 Å². The maximum absolute atomic E-state index is 12.1. The van der Waals surface area contributed by atoms with E-state index in [1.54, 1.807) is 12.3 Å². The molecule has 0 unspecified atom stereocenters. The first-order valence-corrected chi connectivity index (χ1v) is 8.79. The Balaban J connectivity index is 1.80. The Morgan fingerprint density at radius 3 is 2.80 bits per heavy atom. The number of benzene rings is 1. The van der Waals surface area contributed by atoms with Crippen molar-refractivity contribution >= 4 is 23.2 Å². The first-order chi connectivity index (χ1) is 12.0. The molecule has 1 amide bonds. The van der Waals surface area contributed by atoms with Crippen molar-refractivity contribution in [3.63, 3.8) is 0 Å². The van der Waals surface area contributed by atoms with Crippen LogP contribution in [0.2, 0.25) is 5.02 Å². The first kappa shape index (κ1) is 19.2. The summed E-state index contributed by atoms with van der Waals surface area (Å²) >= 11 is 5.99. The van der Waals surface area contributed by atoms with Crippen molar-refractivity contribution in [1.82, 2.24) is 15.2 Å². The van der Waals surface area contributed by atoms with Gasteiger partial charge in [0.1, 0.15) is 5.69 Å². The number of carbonyl (C=O) groups is 1. The van der Waals surface area contributed by atoms with Gasteiger partial charge >= 0.3 is 0 Å². The highest BCUT2D eigenvalue weighted by Crippen LogP contribution is 2.12. The topological polar surface area (TPSA) is 57.3 Å². The highest BCUT2D eigenvalue weighted by molar-refractivity contribution is 6.30. The Kier molecular flexibility index (Phi) is 7.70. The number of halogens is 1. The van der Waals surface area contributed by atoms with Crippen LogP contribution in [0.1, 0.15) is 22.5 Å². The van der Waals surface area contributed by atoms with Gasteiger partial charge in [-0.15, -0.1) is 0 Å². The van der Waals surface area contributed by atoms with E-state index >= 15 is 0 Å². The lowest BCUT2D eigenvalue weighted by Gasteiger charge is -2.10. The van der Waals surface area contributed by atoms with E-state index in [1.165, 1.54) is 5.56 Å². The van der Waals surface area contributed by atoms with Gasteiger partial charge in [-0.1, -0.05) is 23.7 Å². The van der Waals surface area contributed by atoms with Gasteiger partial charge in [-0.2, -0.15) is 0 Å². The first-order valence-electron chi connectivity index (χ1n) is 8.42. The van der Waals surface area contributed by atoms with Gasteiger partial charge in [0, 0.05) is 30.0 Å². The molecule has 0 saturated carbocycles. The van der Waals surface area contributed by atoms with Gasteiger partial charge in [0.15, 0.2) is 0 Å². The lowest BCUT2D eigenvalue weighted by molar-refractivity contribution is 0.0947. The van der Waals surface area contributed by atoms with Crippen LogP contribution >= 0.6 is 11.6 Å². The summed E-state index contributed by atoms with van der Waals surface area (Å²) in [6, 6.07) is 11.5. The molecule has 0 aliphatic heterocycles. The third kappa shape index (κ3) is 7.11. The van der Waals surface area contributed by atoms with Gasteiger partial charge in [0.25, 0.3) is 5.91 Å². The van der Waals surface area contributed by atoms with Crippen LogP contribution in [0.4, 0.5) is 5.69 Å². The lowest BCUT2D eigenvalue weighted by atomic mass is 10.1. The number of carbonyl (C=O) groups excluding carboxylic acids is 1. The standard InChI is InChI=1S/C19H25ClN4O/c1-24(2)12-4-9-23-19(25)18-14-17(8-11-22-18)21-10-7-15-5-3-6-16(20)13-15/h3,5-6,8,11,13-14H,4,7,9-10,12H2,1-2H3,(H,21,22)(H,23,25). The minimum absolute atomic E-state index is 0.141. The molecule has 6 heteroatoms. The Morgan fingerprint density at radius 2 is 2.04 bits per heavy atom. The largest absolute Gasteiger partial charge is 0.385 e. The van der Waals surface area contributed by atoms with E-state index < -0.39 is 0 Å². The molecule has 134 valence electrons. The summed E-state index contributed by atoms with van der Waals surface area (Å²) in [5, 5.41) is 6.96. The summed E-state index contributed by atoms with van der Waals surface area (Å²) in [4.78, 5) is 18.4. The van der Waals surface area contributed by atoms with Gasteiger partial charge < -0.3 is 15.5 Å². The molecule has 2 N–H and O–H groups in total. The summed E-state index contributed by atoms with van der Waals surface area (Å²) < 4.78 is 0. The van der Waals surface area contributed by atoms with E-state index in [2.05, 4.69) is 20.5 Å². The van der Waals surface area contributed by atoms with Gasteiger partial charge in [0.05, 0.1) is 0 Å². The maximum atomic E-state index is 12.1. The molecule has 1 heterocycles. The van der Waals surface area contributed by atoms with Gasteiger partial charge in [0.2, 0.25) is 0 Å². The van der Waals surface area contributed by atoms with E-state index in [9.17, 15) is 4.79 Å². The zero-order valence-corrected chi connectivity index (χ0v) is 15.5. The second-order valence-corrected chi connectivity index (χ2v) is 6.59. The summed E-state index contributed by atoms with van der Waals surface area (Å²) in [5.74, 6) is -0.141. The van der Waals surface area contributed by atoms with Crippen LogP contribution in [-0.4, -0.2) is 49.5 Å². The van der Waals surface area contributed by atoms with Crippen LogP contribution < -0.4 is 10.6 Å². The molecule has 0 atom stereocenters. The van der Waals surface area contributed by atoms with Crippen molar-refractivity contribution < 1.29 is 4.79 Å². The number of pyridine rings is 1. The van der Waals surface area contributed by atoms with Crippen LogP contribution in [0.25, 0.3) is 0 Å². The van der Waals surface area contributed by atoms with Crippen LogP contribution in [0, 0.1) is 0 Å². The summed E-state index contributed by atoms with van der Waals surface area (Å²) in [5.41, 5.74) is 2.49. The van der Waals surface area contributed by atoms with E-state index in [0.717, 1.165) is 36.6 Å².